The maximum atomic E-state index is 16.2. The number of ketones is 2. The maximum Gasteiger partial charge on any atom is 0.389 e. The summed E-state index contributed by atoms with van der Waals surface area (Å²) in [5.74, 6) is -12.0. The van der Waals surface area contributed by atoms with Gasteiger partial charge in [0.05, 0.1) is 116 Å². The van der Waals surface area contributed by atoms with Crippen molar-refractivity contribution in [1.82, 2.24) is 54.2 Å². The molecule has 0 aliphatic carbocycles. The number of carbonyl (C=O) groups is 8. The van der Waals surface area contributed by atoms with E-state index in [1.54, 1.807) is 109 Å². The molecule has 8 aromatic rings. The summed E-state index contributed by atoms with van der Waals surface area (Å²) in [6, 6.07) is 29.4. The van der Waals surface area contributed by atoms with Crippen LogP contribution in [0.15, 0.2) is 134 Å². The molecule has 23 nitrogen and oxygen atoms in total. The zero-order valence-electron chi connectivity index (χ0n) is 76.9. The molecule has 4 fully saturated rings. The number of alkyl halides is 6. The molecule has 0 radical (unpaired) electrons. The van der Waals surface area contributed by atoms with E-state index in [2.05, 4.69) is 67.0 Å². The molecule has 35 heteroatoms. The molecule has 6 amide bonds. The molecule has 4 bridgehead atoms. The van der Waals surface area contributed by atoms with Crippen molar-refractivity contribution < 1.29 is 92.4 Å². The minimum absolute atomic E-state index is 0.0464. The van der Waals surface area contributed by atoms with E-state index in [9.17, 15) is 64.7 Å². The largest absolute Gasteiger partial charge is 0.457 e. The number of hydrogen-bond donors (Lipinski definition) is 2. The van der Waals surface area contributed by atoms with Gasteiger partial charge in [0.15, 0.2) is 11.6 Å². The molecule has 0 unspecified atom stereocenters. The van der Waals surface area contributed by atoms with Gasteiger partial charge in [0.1, 0.15) is 46.3 Å². The molecule has 2 N–H and O–H groups in total. The normalized spacial score (nSPS) is 21.5. The first kappa shape index (κ1) is 103. The summed E-state index contributed by atoms with van der Waals surface area (Å²) in [6.07, 6.45) is -8.65. The van der Waals surface area contributed by atoms with Gasteiger partial charge in [0, 0.05) is 134 Å². The van der Waals surface area contributed by atoms with E-state index in [4.69, 9.17) is 65.4 Å². The molecule has 4 aliphatic rings. The zero-order valence-corrected chi connectivity index (χ0v) is 79.9. The Labute approximate surface area is 790 Å². The molecule has 12 rings (SSSR count). The summed E-state index contributed by atoms with van der Waals surface area (Å²) in [7, 11) is 8.62. The van der Waals surface area contributed by atoms with Crippen molar-refractivity contribution in [3.8, 4) is 45.5 Å². The topological polar surface area (TPSA) is 249 Å². The Morgan fingerprint density at radius 3 is 1.24 bits per heavy atom. The van der Waals surface area contributed by atoms with Crippen LogP contribution in [-0.2, 0) is 101 Å². The highest BCUT2D eigenvalue weighted by molar-refractivity contribution is 6.31. The minimum atomic E-state index is -4.86. The first-order valence-corrected chi connectivity index (χ1v) is 45.7. The lowest BCUT2D eigenvalue weighted by Gasteiger charge is -2.45. The Kier molecular flexibility index (Phi) is 34.0. The number of fused-ring (bicyclic) bond motifs is 4. The number of benzene rings is 6. The number of ether oxygens (including phenoxy) is 4. The predicted octanol–water partition coefficient (Wildman–Crippen LogP) is 19.1. The number of rotatable bonds is 24. The highest BCUT2D eigenvalue weighted by Crippen LogP contribution is 2.42. The molecular weight excluding hydrogens is 1820 g/mol. The van der Waals surface area contributed by atoms with Crippen LogP contribution in [0.25, 0.3) is 22.5 Å². The second-order valence-electron chi connectivity index (χ2n) is 37.7. The van der Waals surface area contributed by atoms with Gasteiger partial charge in [-0.1, -0.05) is 91.4 Å². The van der Waals surface area contributed by atoms with Gasteiger partial charge in [-0.05, 0) is 200 Å². The molecule has 4 aliphatic heterocycles. The number of amides is 6. The number of aryl methyl sites for hydroxylation is 1. The van der Waals surface area contributed by atoms with Crippen molar-refractivity contribution in [2.24, 2.45) is 43.2 Å². The van der Waals surface area contributed by atoms with Crippen LogP contribution in [0.3, 0.4) is 0 Å². The fourth-order valence-electron chi connectivity index (χ4n) is 17.5. The molecule has 0 spiro atoms. The fourth-order valence-corrected chi connectivity index (χ4v) is 18.1. The molecule has 718 valence electrons. The van der Waals surface area contributed by atoms with Gasteiger partial charge in [-0.2, -0.15) is 26.3 Å². The summed E-state index contributed by atoms with van der Waals surface area (Å²) in [5, 5.41) is 7.01. The Bertz CT molecular complexity index is 5480. The Hall–Kier alpha value is -10.0. The third-order valence-corrected chi connectivity index (χ3v) is 26.2. The van der Waals surface area contributed by atoms with Gasteiger partial charge >= 0.3 is 12.4 Å². The molecule has 6 aromatic carbocycles. The quantitative estimate of drug-likeness (QED) is 0.0534. The highest BCUT2D eigenvalue weighted by Gasteiger charge is 2.49. The summed E-state index contributed by atoms with van der Waals surface area (Å²) in [6.45, 7) is 14.3. The monoisotopic (exact) mass is 1930 g/mol. The number of carbonyl (C=O) groups excluding carboxylic acids is 8. The minimum Gasteiger partial charge on any atom is -0.457 e. The number of halogens is 12. The second kappa shape index (κ2) is 43.8. The number of imidazole rings is 2. The number of hydrogen-bond acceptors (Lipinski definition) is 15. The van der Waals surface area contributed by atoms with E-state index >= 15 is 8.78 Å². The van der Waals surface area contributed by atoms with Gasteiger partial charge in [-0.15, -0.1) is 0 Å². The summed E-state index contributed by atoms with van der Waals surface area (Å²) < 4.78 is 146. The Morgan fingerprint density at radius 2 is 0.880 bits per heavy atom. The van der Waals surface area contributed by atoms with Crippen molar-refractivity contribution in [2.75, 3.05) is 60.7 Å². The first-order chi connectivity index (χ1) is 62.5. The van der Waals surface area contributed by atoms with Gasteiger partial charge in [-0.3, -0.25) is 43.3 Å². The first-order valence-electron chi connectivity index (χ1n) is 44.2. The highest BCUT2D eigenvalue weighted by atomic mass is 35.5. The lowest BCUT2D eigenvalue weighted by molar-refractivity contribution is -0.165. The zero-order chi connectivity index (χ0) is 97.1. The summed E-state index contributed by atoms with van der Waals surface area (Å²) in [5.41, 5.74) is 2.18. The lowest BCUT2D eigenvalue weighted by atomic mass is 9.81. The average molecular weight is 1930 g/mol. The average Bonchev–Trinajstić information content (AvgIpc) is 1.34. The van der Waals surface area contributed by atoms with Crippen LogP contribution in [0.4, 0.5) is 35.1 Å². The maximum absolute atomic E-state index is 16.2. The third-order valence-electron chi connectivity index (χ3n) is 25.3. The van der Waals surface area contributed by atoms with Crippen molar-refractivity contribution in [2.45, 2.75) is 206 Å². The standard InChI is InChI=1S/C49H58Cl2F4N6O6.C49H57Cl2F4N5O6/c1-30-41(62)19-34(28-66-7)45(64)57-48(23-31-9-13-35(50)14-10-31)17-8-18-60(29-48)46(65)33(24-49(53,54)55)20-44(63)61(30)26-38-39(52)21-36(51)22-42(38)67-37-15-11-32(12-16-37)40-25-56-43(59(40)6)27-58(5)47(2,3)4;1-30-41(61)20-34(28-65-6)45(63)57-48(24-31-8-12-35(50)13-9-31)17-7-19-59(29-48)46(64)33(25-49(53,54)55)21-44(62)60(30)27-38-39(52)22-36(51)23-42(38)66-37-14-10-32(11-15-37)40-26-56-43(58(40)5)16-18-47(2,3)4/h9-16,21-22,25,30,33-34H,8,17-20,23-24,26-29H2,1-7H3,(H,57,64);8-15,22-23,26,30,33-34H,7,16-21,24-25,27-29H2,1-6H3,(H,57,63)/t2*30-,33-,34-,48+/m00/s1. The summed E-state index contributed by atoms with van der Waals surface area (Å²) >= 11 is 24.9. The lowest BCUT2D eigenvalue weighted by Crippen LogP contribution is -2.63. The predicted molar refractivity (Wildman–Crippen MR) is 491 cm³/mol. The van der Waals surface area contributed by atoms with Gasteiger partial charge in [0.25, 0.3) is 0 Å². The van der Waals surface area contributed by atoms with Gasteiger partial charge in [-0.25, -0.2) is 18.7 Å². The van der Waals surface area contributed by atoms with Crippen LogP contribution in [-0.4, -0.2) is 192 Å². The number of nitrogens with zero attached hydrogens (tertiary/aromatic N) is 9. The van der Waals surface area contributed by atoms with E-state index in [-0.39, 0.29) is 107 Å². The third kappa shape index (κ3) is 27.7. The molecule has 0 saturated carbocycles. The molecular formula is C98H115Cl4F8N11O12. The molecule has 2 aromatic heterocycles. The van der Waals surface area contributed by atoms with E-state index in [0.29, 0.717) is 42.3 Å². The van der Waals surface area contributed by atoms with E-state index in [1.165, 1.54) is 50.0 Å². The van der Waals surface area contributed by atoms with E-state index in [1.807, 2.05) is 30.3 Å². The van der Waals surface area contributed by atoms with E-state index < -0.39 is 169 Å². The molecule has 4 saturated heterocycles. The van der Waals surface area contributed by atoms with Crippen LogP contribution >= 0.6 is 46.4 Å². The van der Waals surface area contributed by atoms with Crippen LogP contribution in [0, 0.1) is 40.7 Å². The fraction of sp³-hybridized carbons (Fsp3) is 0.490. The van der Waals surface area contributed by atoms with Crippen molar-refractivity contribution in [3.05, 3.63) is 199 Å². The Balaban J connectivity index is 0.000000256. The molecule has 6 heterocycles. The number of nitrogens with one attached hydrogen (secondary N) is 2. The van der Waals surface area contributed by atoms with E-state index in [0.717, 1.165) is 80.1 Å². The SMILES string of the molecule is COC[C@@H]1CC(=O)[C@H](C)N(Cc2c(F)cc(Cl)cc2Oc2ccc(-c3cnc(CCC(C)(C)C)n3C)cc2)C(=O)C[C@@H](CC(F)(F)F)C(=O)N2CCC[C@@](Cc3ccc(Cl)cc3)(C2)NC1=O.COC[C@@H]1CC(=O)[C@H](C)N(Cc2c(F)cc(Cl)cc2Oc2ccc(-c3cnc(CN(C)C(C)(C)C)n3C)cc2)C(=O)C[C@@H](CC(F)(F)F)C(=O)N2CCC[C@@](Cc3ccc(Cl)cc3)(C2)NC1=O. The summed E-state index contributed by atoms with van der Waals surface area (Å²) in [4.78, 5) is 131. The van der Waals surface area contributed by atoms with Gasteiger partial charge in [0.2, 0.25) is 35.4 Å². The number of piperidine rings is 2. The van der Waals surface area contributed by atoms with Crippen LogP contribution in [0.5, 0.6) is 23.0 Å². The van der Waals surface area contributed by atoms with Crippen LogP contribution < -0.4 is 20.1 Å². The van der Waals surface area contributed by atoms with Crippen molar-refractivity contribution in [3.63, 3.8) is 0 Å². The Morgan fingerprint density at radius 1 is 0.504 bits per heavy atom. The number of Topliss-reactive ketones (excluding diaryl/α,β-unsaturated/α-hetero) is 2. The smallest absolute Gasteiger partial charge is 0.389 e. The van der Waals surface area contributed by atoms with Crippen molar-refractivity contribution >= 4 is 93.4 Å². The van der Waals surface area contributed by atoms with Crippen molar-refractivity contribution in [1.29, 1.82) is 0 Å². The second-order valence-corrected chi connectivity index (χ2v) is 39.4. The van der Waals surface area contributed by atoms with Gasteiger partial charge < -0.3 is 58.3 Å². The number of methoxy groups -OCH3 is 2. The molecule has 133 heavy (non-hydrogen) atoms. The molecule has 8 atom stereocenters. The van der Waals surface area contributed by atoms with Crippen LogP contribution in [0.1, 0.15) is 160 Å². The number of aromatic nitrogens is 4. The van der Waals surface area contributed by atoms with Crippen LogP contribution in [0.2, 0.25) is 20.1 Å².